The second-order valence-corrected chi connectivity index (χ2v) is 9.04. The molecule has 152 valence electrons. The van der Waals surface area contributed by atoms with Crippen molar-refractivity contribution < 1.29 is 24.3 Å². The first-order chi connectivity index (χ1) is 14.3. The van der Waals surface area contributed by atoms with E-state index in [-0.39, 0.29) is 46.0 Å². The summed E-state index contributed by atoms with van der Waals surface area (Å²) in [5.41, 5.74) is 2.08. The van der Waals surface area contributed by atoms with E-state index in [0.717, 1.165) is 5.57 Å². The van der Waals surface area contributed by atoms with Gasteiger partial charge in [0.1, 0.15) is 5.75 Å². The smallest absolute Gasteiger partial charge is 0.233 e. The number of hydrogen-bond acceptors (Lipinski definition) is 5. The van der Waals surface area contributed by atoms with Crippen molar-refractivity contribution in [1.29, 1.82) is 0 Å². The molecule has 4 aliphatic rings. The Hall–Kier alpha value is -2.80. The van der Waals surface area contributed by atoms with E-state index in [2.05, 4.69) is 15.9 Å². The molecule has 1 heterocycles. The van der Waals surface area contributed by atoms with Gasteiger partial charge in [0.25, 0.3) is 0 Å². The zero-order valence-corrected chi connectivity index (χ0v) is 17.7. The minimum absolute atomic E-state index is 0.0258. The molecule has 1 aromatic carbocycles. The van der Waals surface area contributed by atoms with Crippen LogP contribution in [0.3, 0.4) is 0 Å². The number of rotatable bonds is 1. The number of carbonyl (C=O) groups excluding carboxylic acids is 4. The van der Waals surface area contributed by atoms with Crippen LogP contribution in [0.2, 0.25) is 0 Å². The number of hydrogen-bond donors (Lipinski definition) is 1. The van der Waals surface area contributed by atoms with E-state index in [1.807, 2.05) is 6.08 Å². The minimum Gasteiger partial charge on any atom is -0.508 e. The van der Waals surface area contributed by atoms with Crippen molar-refractivity contribution in [1.82, 2.24) is 4.90 Å². The van der Waals surface area contributed by atoms with Crippen molar-refractivity contribution in [3.8, 4) is 5.75 Å². The summed E-state index contributed by atoms with van der Waals surface area (Å²) in [6, 6.07) is 6.74. The Kier molecular flexibility index (Phi) is 4.22. The number of benzene rings is 1. The Labute approximate surface area is 181 Å². The van der Waals surface area contributed by atoms with Gasteiger partial charge in [-0.25, -0.2) is 0 Å². The molecule has 1 saturated heterocycles. The number of ketones is 2. The lowest BCUT2D eigenvalue weighted by molar-refractivity contribution is -0.138. The van der Waals surface area contributed by atoms with E-state index in [1.165, 1.54) is 18.0 Å². The number of nitrogens with zero attached hydrogens (tertiary/aromatic N) is 1. The molecule has 0 aromatic heterocycles. The number of imide groups is 1. The molecule has 30 heavy (non-hydrogen) atoms. The first-order valence-corrected chi connectivity index (χ1v) is 10.6. The highest BCUT2D eigenvalue weighted by Gasteiger charge is 2.55. The van der Waals surface area contributed by atoms with Crippen molar-refractivity contribution in [2.75, 3.05) is 7.05 Å². The molecule has 6 nitrogen and oxygen atoms in total. The van der Waals surface area contributed by atoms with Crippen molar-refractivity contribution in [3.63, 3.8) is 0 Å². The maximum absolute atomic E-state index is 13.0. The van der Waals surface area contributed by atoms with E-state index in [9.17, 15) is 24.3 Å². The van der Waals surface area contributed by atoms with Gasteiger partial charge in [-0.2, -0.15) is 0 Å². The van der Waals surface area contributed by atoms with Gasteiger partial charge in [-0.3, -0.25) is 24.1 Å². The number of fused-ring (bicyclic) bond motifs is 3. The SMILES string of the molecule is CN1C(=O)[C@H]2[C@H](CC=C3[C@H](c4ccccc4O)C4=C(C[C@H]32)C(=O)C(Br)=CC4=O)C1=O. The predicted molar refractivity (Wildman–Crippen MR) is 110 cm³/mol. The molecule has 7 heteroatoms. The Morgan fingerprint density at radius 1 is 1.07 bits per heavy atom. The van der Waals surface area contributed by atoms with Crippen molar-refractivity contribution >= 4 is 39.3 Å². The Morgan fingerprint density at radius 3 is 2.53 bits per heavy atom. The summed E-state index contributed by atoms with van der Waals surface area (Å²) in [5, 5.41) is 10.6. The molecule has 0 radical (unpaired) electrons. The van der Waals surface area contributed by atoms with Gasteiger partial charge in [-0.05, 0) is 40.8 Å². The molecule has 1 fully saturated rings. The summed E-state index contributed by atoms with van der Waals surface area (Å²) in [5.74, 6) is -2.98. The Balaban J connectivity index is 1.73. The number of likely N-dealkylation sites (tertiary alicyclic amines) is 1. The molecule has 5 rings (SSSR count). The highest BCUT2D eigenvalue weighted by Crippen LogP contribution is 2.55. The molecule has 1 aromatic rings. The average Bonchev–Trinajstić information content (AvgIpc) is 2.95. The standard InChI is InChI=1S/C23H18BrNO5/c1-25-22(29)12-7-6-10-13(19(12)23(25)30)8-14-20(17(27)9-15(24)21(14)28)18(10)11-4-2-3-5-16(11)26/h2-6,9,12-13,18-19,26H,7-8H2,1H3/t12-,13+,18+,19-/m0/s1. The van der Waals surface area contributed by atoms with Crippen LogP contribution in [0.15, 0.2) is 57.6 Å². The number of carbonyl (C=O) groups is 4. The molecular weight excluding hydrogens is 450 g/mol. The van der Waals surface area contributed by atoms with Crippen LogP contribution in [0.25, 0.3) is 0 Å². The number of phenolic OH excluding ortho intramolecular Hbond substituents is 1. The largest absolute Gasteiger partial charge is 0.508 e. The Morgan fingerprint density at radius 2 is 1.80 bits per heavy atom. The van der Waals surface area contributed by atoms with Gasteiger partial charge in [0, 0.05) is 35.8 Å². The van der Waals surface area contributed by atoms with Gasteiger partial charge >= 0.3 is 0 Å². The number of para-hydroxylation sites is 1. The van der Waals surface area contributed by atoms with Gasteiger partial charge in [0.05, 0.1) is 16.3 Å². The number of halogens is 1. The van der Waals surface area contributed by atoms with Crippen LogP contribution in [0, 0.1) is 17.8 Å². The van der Waals surface area contributed by atoms with E-state index in [1.54, 1.807) is 24.3 Å². The van der Waals surface area contributed by atoms with Crippen LogP contribution in [-0.2, 0) is 19.2 Å². The summed E-state index contributed by atoms with van der Waals surface area (Å²) in [7, 11) is 1.49. The molecule has 1 N–H and O–H groups in total. The van der Waals surface area contributed by atoms with Gasteiger partial charge in [-0.15, -0.1) is 0 Å². The summed E-state index contributed by atoms with van der Waals surface area (Å²) < 4.78 is 0.188. The Bertz CT molecular complexity index is 1140. The van der Waals surface area contributed by atoms with Crippen molar-refractivity contribution in [2.24, 2.45) is 17.8 Å². The molecule has 0 bridgehead atoms. The zero-order valence-electron chi connectivity index (χ0n) is 16.1. The van der Waals surface area contributed by atoms with E-state index in [0.29, 0.717) is 23.1 Å². The monoisotopic (exact) mass is 467 g/mol. The number of Topliss-reactive ketones (excluding diaryl/α,β-unsaturated/α-hetero) is 1. The van der Waals surface area contributed by atoms with Crippen molar-refractivity contribution in [2.45, 2.75) is 18.8 Å². The van der Waals surface area contributed by atoms with Gasteiger partial charge in [-0.1, -0.05) is 29.8 Å². The lowest BCUT2D eigenvalue weighted by Crippen LogP contribution is -2.39. The summed E-state index contributed by atoms with van der Waals surface area (Å²) in [6.45, 7) is 0. The topological polar surface area (TPSA) is 91.8 Å². The lowest BCUT2D eigenvalue weighted by atomic mass is 9.59. The first kappa shape index (κ1) is 19.2. The predicted octanol–water partition coefficient (Wildman–Crippen LogP) is 2.78. The molecule has 0 spiro atoms. The first-order valence-electron chi connectivity index (χ1n) is 9.79. The molecule has 0 unspecified atom stereocenters. The summed E-state index contributed by atoms with van der Waals surface area (Å²) in [6.07, 6.45) is 3.84. The number of phenols is 1. The quantitative estimate of drug-likeness (QED) is 0.389. The van der Waals surface area contributed by atoms with E-state index in [4.69, 9.17) is 0 Å². The number of aromatic hydroxyl groups is 1. The fraction of sp³-hybridized carbons (Fsp3) is 0.304. The minimum atomic E-state index is -0.622. The molecular formula is C23H18BrNO5. The van der Waals surface area contributed by atoms with Crippen LogP contribution < -0.4 is 0 Å². The highest BCUT2D eigenvalue weighted by molar-refractivity contribution is 9.12. The van der Waals surface area contributed by atoms with Gasteiger partial charge in [0.2, 0.25) is 11.8 Å². The third kappa shape index (κ3) is 2.48. The van der Waals surface area contributed by atoms with Gasteiger partial charge < -0.3 is 5.11 Å². The highest BCUT2D eigenvalue weighted by atomic mass is 79.9. The van der Waals surface area contributed by atoms with E-state index < -0.39 is 17.8 Å². The van der Waals surface area contributed by atoms with Gasteiger partial charge in [0.15, 0.2) is 11.6 Å². The molecule has 1 aliphatic heterocycles. The summed E-state index contributed by atoms with van der Waals surface area (Å²) in [4.78, 5) is 52.6. The fourth-order valence-corrected chi connectivity index (χ4v) is 5.90. The average molecular weight is 468 g/mol. The second kappa shape index (κ2) is 6.60. The lowest BCUT2D eigenvalue weighted by Gasteiger charge is -2.42. The number of amides is 2. The fourth-order valence-electron chi connectivity index (χ4n) is 5.45. The zero-order chi connectivity index (χ0) is 21.3. The molecule has 4 atom stereocenters. The van der Waals surface area contributed by atoms with Crippen LogP contribution >= 0.6 is 15.9 Å². The van der Waals surface area contributed by atoms with E-state index >= 15 is 0 Å². The van der Waals surface area contributed by atoms with Crippen LogP contribution in [0.5, 0.6) is 5.75 Å². The van der Waals surface area contributed by atoms with Crippen molar-refractivity contribution in [3.05, 3.63) is 63.2 Å². The van der Waals surface area contributed by atoms with Crippen LogP contribution in [0.4, 0.5) is 0 Å². The third-order valence-electron chi connectivity index (χ3n) is 6.80. The third-order valence-corrected chi connectivity index (χ3v) is 7.39. The number of allylic oxidation sites excluding steroid dienone is 6. The maximum Gasteiger partial charge on any atom is 0.233 e. The normalized spacial score (nSPS) is 30.7. The second-order valence-electron chi connectivity index (χ2n) is 8.19. The van der Waals surface area contributed by atoms with Crippen LogP contribution in [-0.4, -0.2) is 40.4 Å². The summed E-state index contributed by atoms with van der Waals surface area (Å²) >= 11 is 3.19. The van der Waals surface area contributed by atoms with Crippen LogP contribution in [0.1, 0.15) is 24.3 Å². The molecule has 0 saturated carbocycles. The maximum atomic E-state index is 13.0. The molecule has 2 amide bonds. The molecule has 3 aliphatic carbocycles.